The molecule has 6 nitrogen and oxygen atoms in total. The van der Waals surface area contributed by atoms with E-state index in [0.717, 1.165) is 6.07 Å². The zero-order valence-corrected chi connectivity index (χ0v) is 12.2. The Morgan fingerprint density at radius 1 is 1.05 bits per heavy atom. The van der Waals surface area contributed by atoms with Crippen LogP contribution in [0.15, 0.2) is 36.4 Å². The van der Waals surface area contributed by atoms with E-state index in [0.29, 0.717) is 0 Å². The molecule has 7 heteroatoms. The second-order valence-corrected chi connectivity index (χ2v) is 4.75. The first kappa shape index (κ1) is 15.7. The van der Waals surface area contributed by atoms with Gasteiger partial charge in [-0.25, -0.2) is 4.79 Å². The van der Waals surface area contributed by atoms with E-state index in [1.54, 1.807) is 0 Å². The first-order chi connectivity index (χ1) is 10.4. The van der Waals surface area contributed by atoms with Crippen LogP contribution in [0.3, 0.4) is 0 Å². The van der Waals surface area contributed by atoms with E-state index in [1.807, 2.05) is 0 Å². The van der Waals surface area contributed by atoms with E-state index in [9.17, 15) is 19.8 Å². The van der Waals surface area contributed by atoms with Crippen molar-refractivity contribution in [2.75, 3.05) is 12.4 Å². The van der Waals surface area contributed by atoms with Crippen LogP contribution < -0.4 is 5.32 Å². The monoisotopic (exact) mass is 321 g/mol. The summed E-state index contributed by atoms with van der Waals surface area (Å²) in [4.78, 5) is 23.6. The Kier molecular flexibility index (Phi) is 4.53. The molecule has 0 saturated heterocycles. The van der Waals surface area contributed by atoms with E-state index >= 15 is 0 Å². The molecule has 0 fully saturated rings. The summed E-state index contributed by atoms with van der Waals surface area (Å²) >= 11 is 5.98. The molecule has 2 aromatic carbocycles. The number of esters is 1. The summed E-state index contributed by atoms with van der Waals surface area (Å²) in [6, 6.07) is 7.95. The molecule has 1 amide bonds. The van der Waals surface area contributed by atoms with Gasteiger partial charge >= 0.3 is 5.97 Å². The highest BCUT2D eigenvalue weighted by molar-refractivity contribution is 6.34. The summed E-state index contributed by atoms with van der Waals surface area (Å²) in [7, 11) is 1.24. The number of hydrogen-bond acceptors (Lipinski definition) is 5. The lowest BCUT2D eigenvalue weighted by Crippen LogP contribution is -2.13. The summed E-state index contributed by atoms with van der Waals surface area (Å²) < 4.78 is 4.59. The van der Waals surface area contributed by atoms with E-state index in [1.165, 1.54) is 37.4 Å². The van der Waals surface area contributed by atoms with Crippen molar-refractivity contribution in [2.45, 2.75) is 0 Å². The number of carbonyl (C=O) groups excluding carboxylic acids is 2. The Morgan fingerprint density at radius 3 is 2.36 bits per heavy atom. The highest BCUT2D eigenvalue weighted by atomic mass is 35.5. The van der Waals surface area contributed by atoms with Crippen LogP contribution in [0, 0.1) is 0 Å². The van der Waals surface area contributed by atoms with Gasteiger partial charge in [0.15, 0.2) is 11.5 Å². The van der Waals surface area contributed by atoms with Gasteiger partial charge in [-0.05, 0) is 36.4 Å². The van der Waals surface area contributed by atoms with E-state index in [-0.39, 0.29) is 27.6 Å². The number of anilines is 1. The molecule has 0 aliphatic carbocycles. The Bertz CT molecular complexity index is 745. The van der Waals surface area contributed by atoms with Gasteiger partial charge in [-0.15, -0.1) is 0 Å². The van der Waals surface area contributed by atoms with Crippen LogP contribution in [0.2, 0.25) is 5.02 Å². The van der Waals surface area contributed by atoms with Crippen molar-refractivity contribution in [2.24, 2.45) is 0 Å². The van der Waals surface area contributed by atoms with Crippen LogP contribution in [-0.2, 0) is 4.74 Å². The van der Waals surface area contributed by atoms with Gasteiger partial charge in [0.2, 0.25) is 0 Å². The molecule has 0 aromatic heterocycles. The average molecular weight is 322 g/mol. The van der Waals surface area contributed by atoms with Gasteiger partial charge in [-0.2, -0.15) is 0 Å². The molecule has 0 aliphatic heterocycles. The van der Waals surface area contributed by atoms with Gasteiger partial charge in [0.05, 0.1) is 23.4 Å². The zero-order valence-electron chi connectivity index (χ0n) is 11.5. The van der Waals surface area contributed by atoms with Crippen molar-refractivity contribution in [1.29, 1.82) is 0 Å². The molecule has 2 rings (SSSR count). The van der Waals surface area contributed by atoms with E-state index in [2.05, 4.69) is 10.1 Å². The quantitative estimate of drug-likeness (QED) is 0.596. The molecule has 0 atom stereocenters. The SMILES string of the molecule is COC(=O)c1ccc(Cl)c(NC(=O)c2ccc(O)c(O)c2)c1. The average Bonchev–Trinajstić information content (AvgIpc) is 2.51. The largest absolute Gasteiger partial charge is 0.504 e. The molecule has 0 aliphatic rings. The first-order valence-corrected chi connectivity index (χ1v) is 6.51. The molecule has 22 heavy (non-hydrogen) atoms. The van der Waals surface area contributed by atoms with Gasteiger partial charge in [0, 0.05) is 5.56 Å². The second-order valence-electron chi connectivity index (χ2n) is 4.34. The summed E-state index contributed by atoms with van der Waals surface area (Å²) in [6.07, 6.45) is 0. The number of carbonyl (C=O) groups is 2. The topological polar surface area (TPSA) is 95.9 Å². The Balaban J connectivity index is 2.27. The predicted molar refractivity (Wildman–Crippen MR) is 80.5 cm³/mol. The number of nitrogens with one attached hydrogen (secondary N) is 1. The number of benzene rings is 2. The van der Waals surface area contributed by atoms with Crippen molar-refractivity contribution in [3.8, 4) is 11.5 Å². The van der Waals surface area contributed by atoms with E-state index in [4.69, 9.17) is 11.6 Å². The van der Waals surface area contributed by atoms with Crippen molar-refractivity contribution in [3.63, 3.8) is 0 Å². The van der Waals surface area contributed by atoms with Crippen LogP contribution >= 0.6 is 11.6 Å². The highest BCUT2D eigenvalue weighted by Gasteiger charge is 2.13. The number of halogens is 1. The lowest BCUT2D eigenvalue weighted by molar-refractivity contribution is 0.0600. The molecule has 0 heterocycles. The van der Waals surface area contributed by atoms with Crippen LogP contribution in [0.1, 0.15) is 20.7 Å². The standard InChI is InChI=1S/C15H12ClNO5/c1-22-15(21)9-2-4-10(16)11(6-9)17-14(20)8-3-5-12(18)13(19)7-8/h2-7,18-19H,1H3,(H,17,20). The maximum Gasteiger partial charge on any atom is 0.337 e. The van der Waals surface area contributed by atoms with Crippen LogP contribution in [0.5, 0.6) is 11.5 Å². The first-order valence-electron chi connectivity index (χ1n) is 6.13. The van der Waals surface area contributed by atoms with Crippen LogP contribution in [-0.4, -0.2) is 29.2 Å². The minimum Gasteiger partial charge on any atom is -0.504 e. The number of rotatable bonds is 3. The highest BCUT2D eigenvalue weighted by Crippen LogP contribution is 2.27. The van der Waals surface area contributed by atoms with Gasteiger partial charge in [-0.1, -0.05) is 11.6 Å². The number of ether oxygens (including phenoxy) is 1. The summed E-state index contributed by atoms with van der Waals surface area (Å²) in [5, 5.41) is 21.4. The van der Waals surface area contributed by atoms with Crippen molar-refractivity contribution >= 4 is 29.2 Å². The Morgan fingerprint density at radius 2 is 1.73 bits per heavy atom. The lowest BCUT2D eigenvalue weighted by atomic mass is 10.1. The number of aromatic hydroxyl groups is 2. The van der Waals surface area contributed by atoms with E-state index < -0.39 is 17.6 Å². The van der Waals surface area contributed by atoms with Crippen molar-refractivity contribution in [1.82, 2.24) is 0 Å². The fourth-order valence-corrected chi connectivity index (χ4v) is 1.89. The fraction of sp³-hybridized carbons (Fsp3) is 0.0667. The molecule has 0 radical (unpaired) electrons. The lowest BCUT2D eigenvalue weighted by Gasteiger charge is -2.09. The minimum absolute atomic E-state index is 0.120. The smallest absolute Gasteiger partial charge is 0.337 e. The summed E-state index contributed by atoms with van der Waals surface area (Å²) in [6.45, 7) is 0. The maximum absolute atomic E-state index is 12.1. The van der Waals surface area contributed by atoms with Gasteiger partial charge < -0.3 is 20.3 Å². The zero-order chi connectivity index (χ0) is 16.3. The van der Waals surface area contributed by atoms with Gasteiger partial charge in [-0.3, -0.25) is 4.79 Å². The number of hydrogen-bond donors (Lipinski definition) is 3. The number of methoxy groups -OCH3 is 1. The molecule has 2 aromatic rings. The maximum atomic E-state index is 12.1. The molecule has 114 valence electrons. The minimum atomic E-state index is -0.561. The number of amides is 1. The molecule has 3 N–H and O–H groups in total. The van der Waals surface area contributed by atoms with Crippen molar-refractivity contribution in [3.05, 3.63) is 52.5 Å². The Hall–Kier alpha value is -2.73. The Labute approximate surface area is 130 Å². The van der Waals surface area contributed by atoms with Gasteiger partial charge in [0.25, 0.3) is 5.91 Å². The molecule has 0 spiro atoms. The third-order valence-corrected chi connectivity index (χ3v) is 3.20. The third-order valence-electron chi connectivity index (χ3n) is 2.87. The van der Waals surface area contributed by atoms with Crippen LogP contribution in [0.4, 0.5) is 5.69 Å². The molecular formula is C15H12ClNO5. The molecule has 0 saturated carbocycles. The van der Waals surface area contributed by atoms with Gasteiger partial charge in [0.1, 0.15) is 0 Å². The summed E-state index contributed by atoms with van der Waals surface area (Å²) in [5.74, 6) is -1.86. The summed E-state index contributed by atoms with van der Waals surface area (Å²) in [5.41, 5.74) is 0.577. The number of phenolic OH excluding ortho intramolecular Hbond substituents is 2. The third kappa shape index (κ3) is 3.29. The fourth-order valence-electron chi connectivity index (χ4n) is 1.73. The number of phenols is 2. The normalized spacial score (nSPS) is 10.1. The molecular weight excluding hydrogens is 310 g/mol. The second kappa shape index (κ2) is 6.36. The molecule has 0 unspecified atom stereocenters. The van der Waals surface area contributed by atoms with Crippen molar-refractivity contribution < 1.29 is 24.5 Å². The molecule has 0 bridgehead atoms. The van der Waals surface area contributed by atoms with Crippen LogP contribution in [0.25, 0.3) is 0 Å². The predicted octanol–water partition coefficient (Wildman–Crippen LogP) is 2.79.